The molecule has 0 bridgehead atoms. The van der Waals surface area contributed by atoms with Crippen LogP contribution in [0, 0.1) is 0 Å². The van der Waals surface area contributed by atoms with Crippen molar-refractivity contribution in [3.63, 3.8) is 0 Å². The molecule has 0 radical (unpaired) electrons. The van der Waals surface area contributed by atoms with Gasteiger partial charge < -0.3 is 15.5 Å². The summed E-state index contributed by atoms with van der Waals surface area (Å²) in [5.41, 5.74) is 0.759. The van der Waals surface area contributed by atoms with Crippen LogP contribution in [0.4, 0.5) is 0 Å². The van der Waals surface area contributed by atoms with Crippen molar-refractivity contribution in [2.24, 2.45) is 0 Å². The Morgan fingerprint density at radius 2 is 1.68 bits per heavy atom. The summed E-state index contributed by atoms with van der Waals surface area (Å²) < 4.78 is 0. The Bertz CT molecular complexity index is 720. The number of hydrogen-bond donors (Lipinski definition) is 3. The van der Waals surface area contributed by atoms with Crippen molar-refractivity contribution in [2.75, 3.05) is 0 Å². The van der Waals surface area contributed by atoms with Crippen LogP contribution < -0.4 is 5.32 Å². The fourth-order valence-corrected chi connectivity index (χ4v) is 2.24. The van der Waals surface area contributed by atoms with Crippen LogP contribution in [0.25, 0.3) is 10.8 Å². The molecule has 6 nitrogen and oxygen atoms in total. The first kappa shape index (κ1) is 15.5. The number of carbonyl (C=O) groups is 3. The van der Waals surface area contributed by atoms with Crippen molar-refractivity contribution in [2.45, 2.75) is 18.9 Å². The lowest BCUT2D eigenvalue weighted by molar-refractivity contribution is -0.147. The molecule has 3 N–H and O–H groups in total. The number of carboxylic acids is 2. The Hall–Kier alpha value is -2.89. The summed E-state index contributed by atoms with van der Waals surface area (Å²) in [6.45, 7) is 0. The fraction of sp³-hybridized carbons (Fsp3) is 0.188. The Kier molecular flexibility index (Phi) is 4.73. The maximum Gasteiger partial charge on any atom is 0.326 e. The van der Waals surface area contributed by atoms with Crippen molar-refractivity contribution >= 4 is 28.6 Å². The van der Waals surface area contributed by atoms with Gasteiger partial charge >= 0.3 is 11.9 Å². The molecule has 0 fully saturated rings. The number of fused-ring (bicyclic) bond motifs is 1. The van der Waals surface area contributed by atoms with Crippen LogP contribution in [0.2, 0.25) is 0 Å². The van der Waals surface area contributed by atoms with Gasteiger partial charge in [-0.25, -0.2) is 4.79 Å². The lowest BCUT2D eigenvalue weighted by Gasteiger charge is -2.13. The van der Waals surface area contributed by atoms with Gasteiger partial charge in [-0.2, -0.15) is 0 Å². The first-order valence-corrected chi connectivity index (χ1v) is 6.68. The highest BCUT2D eigenvalue weighted by Gasteiger charge is 2.23. The minimum absolute atomic E-state index is 0.00917. The third-order valence-corrected chi connectivity index (χ3v) is 3.24. The van der Waals surface area contributed by atoms with E-state index in [0.717, 1.165) is 16.3 Å². The number of carbonyl (C=O) groups excluding carboxylic acids is 1. The lowest BCUT2D eigenvalue weighted by Crippen LogP contribution is -2.42. The molecule has 1 atom stereocenters. The van der Waals surface area contributed by atoms with Gasteiger partial charge in [0.2, 0.25) is 5.91 Å². The molecule has 0 heterocycles. The molecule has 0 saturated carbocycles. The van der Waals surface area contributed by atoms with Crippen LogP contribution >= 0.6 is 0 Å². The van der Waals surface area contributed by atoms with E-state index in [1.54, 1.807) is 6.07 Å². The van der Waals surface area contributed by atoms with E-state index in [2.05, 4.69) is 5.32 Å². The number of nitrogens with one attached hydrogen (secondary N) is 1. The van der Waals surface area contributed by atoms with Gasteiger partial charge in [-0.1, -0.05) is 42.5 Å². The Labute approximate surface area is 126 Å². The minimum Gasteiger partial charge on any atom is -0.481 e. The highest BCUT2D eigenvalue weighted by molar-refractivity contribution is 5.92. The van der Waals surface area contributed by atoms with Crippen LogP contribution in [0.1, 0.15) is 12.0 Å². The van der Waals surface area contributed by atoms with E-state index in [0.29, 0.717) is 0 Å². The molecular weight excluding hydrogens is 286 g/mol. The monoisotopic (exact) mass is 301 g/mol. The van der Waals surface area contributed by atoms with Gasteiger partial charge in [0, 0.05) is 0 Å². The summed E-state index contributed by atoms with van der Waals surface area (Å²) in [5, 5.41) is 21.7. The van der Waals surface area contributed by atoms with E-state index in [-0.39, 0.29) is 6.42 Å². The Balaban J connectivity index is 2.13. The first-order valence-electron chi connectivity index (χ1n) is 6.68. The second-order valence-corrected chi connectivity index (χ2v) is 4.87. The summed E-state index contributed by atoms with van der Waals surface area (Å²) in [4.78, 5) is 33.6. The van der Waals surface area contributed by atoms with Gasteiger partial charge in [-0.3, -0.25) is 9.59 Å². The molecule has 0 unspecified atom stereocenters. The molecule has 0 aromatic heterocycles. The summed E-state index contributed by atoms with van der Waals surface area (Å²) in [6, 6.07) is 11.6. The molecule has 114 valence electrons. The van der Waals surface area contributed by atoms with E-state index in [1.165, 1.54) is 0 Å². The predicted molar refractivity (Wildman–Crippen MR) is 79.5 cm³/mol. The zero-order valence-electron chi connectivity index (χ0n) is 11.7. The number of carboxylic acid groups (broad SMARTS) is 2. The molecular formula is C16H15NO5. The highest BCUT2D eigenvalue weighted by Crippen LogP contribution is 2.18. The summed E-state index contributed by atoms with van der Waals surface area (Å²) in [5.74, 6) is -3.17. The number of aliphatic carboxylic acids is 2. The van der Waals surface area contributed by atoms with Crippen molar-refractivity contribution < 1.29 is 24.6 Å². The average Bonchev–Trinajstić information content (AvgIpc) is 2.46. The van der Waals surface area contributed by atoms with Crippen molar-refractivity contribution in [3.8, 4) is 0 Å². The topological polar surface area (TPSA) is 104 Å². The standard InChI is InChI=1S/C16H15NO5/c18-14(17-13(16(21)22)9-15(19)20)8-11-6-3-5-10-4-1-2-7-12(10)11/h1-7,13H,8-9H2,(H,17,18)(H,19,20)(H,21,22)/t13-/m0/s1. The number of hydrogen-bond acceptors (Lipinski definition) is 3. The minimum atomic E-state index is -1.43. The maximum absolute atomic E-state index is 12.0. The Morgan fingerprint density at radius 3 is 2.36 bits per heavy atom. The lowest BCUT2D eigenvalue weighted by atomic mass is 10.0. The van der Waals surface area contributed by atoms with Gasteiger partial charge in [0.05, 0.1) is 12.8 Å². The molecule has 2 aromatic rings. The van der Waals surface area contributed by atoms with Crippen LogP contribution in [-0.4, -0.2) is 34.1 Å². The molecule has 2 rings (SSSR count). The molecule has 0 spiro atoms. The van der Waals surface area contributed by atoms with Crippen molar-refractivity contribution in [1.29, 1.82) is 0 Å². The predicted octanol–water partition coefficient (Wildman–Crippen LogP) is 1.43. The molecule has 1 amide bonds. The van der Waals surface area contributed by atoms with Gasteiger partial charge in [0.25, 0.3) is 0 Å². The number of benzene rings is 2. The van der Waals surface area contributed by atoms with Crippen molar-refractivity contribution in [3.05, 3.63) is 48.0 Å². The van der Waals surface area contributed by atoms with Gasteiger partial charge in [0.15, 0.2) is 0 Å². The van der Waals surface area contributed by atoms with E-state index in [9.17, 15) is 14.4 Å². The van der Waals surface area contributed by atoms with Crippen LogP contribution in [0.3, 0.4) is 0 Å². The summed E-state index contributed by atoms with van der Waals surface area (Å²) in [6.07, 6.45) is -0.665. The highest BCUT2D eigenvalue weighted by atomic mass is 16.4. The van der Waals surface area contributed by atoms with E-state index in [1.807, 2.05) is 36.4 Å². The third-order valence-electron chi connectivity index (χ3n) is 3.24. The fourth-order valence-electron chi connectivity index (χ4n) is 2.24. The van der Waals surface area contributed by atoms with Gasteiger partial charge in [0.1, 0.15) is 6.04 Å². The summed E-state index contributed by atoms with van der Waals surface area (Å²) in [7, 11) is 0. The van der Waals surface area contributed by atoms with Gasteiger partial charge in [-0.05, 0) is 16.3 Å². The molecule has 2 aromatic carbocycles. The largest absolute Gasteiger partial charge is 0.481 e. The third kappa shape index (κ3) is 3.82. The second kappa shape index (κ2) is 6.71. The van der Waals surface area contributed by atoms with E-state index < -0.39 is 30.3 Å². The zero-order chi connectivity index (χ0) is 16.1. The maximum atomic E-state index is 12.0. The van der Waals surface area contributed by atoms with Crippen LogP contribution in [0.15, 0.2) is 42.5 Å². The quantitative estimate of drug-likeness (QED) is 0.748. The van der Waals surface area contributed by atoms with Crippen LogP contribution in [0.5, 0.6) is 0 Å². The van der Waals surface area contributed by atoms with Gasteiger partial charge in [-0.15, -0.1) is 0 Å². The normalized spacial score (nSPS) is 11.8. The number of rotatable bonds is 6. The van der Waals surface area contributed by atoms with Crippen LogP contribution in [-0.2, 0) is 20.8 Å². The summed E-state index contributed by atoms with van der Waals surface area (Å²) >= 11 is 0. The number of amides is 1. The molecule has 0 aliphatic rings. The molecule has 0 aliphatic carbocycles. The Morgan fingerprint density at radius 1 is 1.00 bits per heavy atom. The average molecular weight is 301 g/mol. The molecule has 6 heteroatoms. The van der Waals surface area contributed by atoms with Crippen molar-refractivity contribution in [1.82, 2.24) is 5.32 Å². The zero-order valence-corrected chi connectivity index (χ0v) is 11.7. The molecule has 0 saturated heterocycles. The van der Waals surface area contributed by atoms with E-state index in [4.69, 9.17) is 10.2 Å². The van der Waals surface area contributed by atoms with E-state index >= 15 is 0 Å². The molecule has 22 heavy (non-hydrogen) atoms. The SMILES string of the molecule is O=C(O)C[C@H](NC(=O)Cc1cccc2ccccc12)C(=O)O. The molecule has 0 aliphatic heterocycles. The smallest absolute Gasteiger partial charge is 0.326 e. The first-order chi connectivity index (χ1) is 10.5. The second-order valence-electron chi connectivity index (χ2n) is 4.87.